The number of anilines is 2. The summed E-state index contributed by atoms with van der Waals surface area (Å²) < 4.78 is 0. The van der Waals surface area contributed by atoms with Crippen LogP contribution in [0.5, 0.6) is 0 Å². The predicted octanol–water partition coefficient (Wildman–Crippen LogP) is 4.30. The van der Waals surface area contributed by atoms with Crippen molar-refractivity contribution in [3.05, 3.63) is 99.6 Å². The average molecular weight is 450 g/mol. The molecular weight excluding hydrogens is 434 g/mol. The van der Waals surface area contributed by atoms with Crippen molar-refractivity contribution >= 4 is 40.5 Å². The fourth-order valence-electron chi connectivity index (χ4n) is 4.26. The number of fused-ring (bicyclic) bond motifs is 1. The Morgan fingerprint density at radius 3 is 2.22 bits per heavy atom. The summed E-state index contributed by atoms with van der Waals surface area (Å²) in [4.78, 5) is 44.6. The van der Waals surface area contributed by atoms with Crippen LogP contribution in [0.3, 0.4) is 0 Å². The number of imide groups is 1. The van der Waals surface area contributed by atoms with Crippen LogP contribution in [0.2, 0.25) is 5.02 Å². The lowest BCUT2D eigenvalue weighted by Gasteiger charge is -2.28. The maximum atomic E-state index is 13.5. The summed E-state index contributed by atoms with van der Waals surface area (Å²) >= 11 is 6.05. The summed E-state index contributed by atoms with van der Waals surface area (Å²) in [6, 6.07) is 21.2. The monoisotopic (exact) mass is 449 g/mol. The highest BCUT2D eigenvalue weighted by Crippen LogP contribution is 2.48. The molecule has 3 atom stereocenters. The van der Waals surface area contributed by atoms with Crippen molar-refractivity contribution in [1.29, 1.82) is 0 Å². The molecule has 2 heterocycles. The Labute approximate surface area is 187 Å². The molecule has 2 saturated heterocycles. The standard InChI is InChI=1S/C23H16ClN3O5/c24-15-12-10-14(11-13-15)20-19-21(32-26(20)16-6-2-1-3-7-16)23(29)25(22(19)28)17-8-4-5-9-18(17)27(30)31/h1-13,19-21H/t19-,20+,21-/m1/s1. The molecule has 0 unspecified atom stereocenters. The topological polar surface area (TPSA) is 93.0 Å². The van der Waals surface area contributed by atoms with Crippen molar-refractivity contribution in [2.45, 2.75) is 12.1 Å². The Balaban J connectivity index is 1.60. The molecule has 8 nitrogen and oxygen atoms in total. The third kappa shape index (κ3) is 3.12. The molecule has 0 radical (unpaired) electrons. The first-order chi connectivity index (χ1) is 15.5. The van der Waals surface area contributed by atoms with Gasteiger partial charge in [0, 0.05) is 11.1 Å². The summed E-state index contributed by atoms with van der Waals surface area (Å²) in [7, 11) is 0. The van der Waals surface area contributed by atoms with E-state index in [-0.39, 0.29) is 11.4 Å². The summed E-state index contributed by atoms with van der Waals surface area (Å²) in [6.07, 6.45) is -1.11. The number of carbonyl (C=O) groups excluding carboxylic acids is 2. The molecule has 0 aliphatic carbocycles. The van der Waals surface area contributed by atoms with Crippen molar-refractivity contribution in [1.82, 2.24) is 0 Å². The molecule has 0 spiro atoms. The van der Waals surface area contributed by atoms with Crippen molar-refractivity contribution in [3.8, 4) is 0 Å². The fraction of sp³-hybridized carbons (Fsp3) is 0.130. The first-order valence-electron chi connectivity index (χ1n) is 9.85. The number of nitro groups is 1. The molecule has 9 heteroatoms. The van der Waals surface area contributed by atoms with Gasteiger partial charge in [0.25, 0.3) is 11.6 Å². The van der Waals surface area contributed by atoms with E-state index in [2.05, 4.69) is 0 Å². The zero-order valence-electron chi connectivity index (χ0n) is 16.5. The second-order valence-corrected chi connectivity index (χ2v) is 7.90. The first-order valence-corrected chi connectivity index (χ1v) is 10.2. The quantitative estimate of drug-likeness (QED) is 0.335. The van der Waals surface area contributed by atoms with Crippen LogP contribution < -0.4 is 9.96 Å². The molecule has 2 fully saturated rings. The highest BCUT2D eigenvalue weighted by molar-refractivity contribution is 6.30. The highest BCUT2D eigenvalue weighted by atomic mass is 35.5. The van der Waals surface area contributed by atoms with Crippen LogP contribution >= 0.6 is 11.6 Å². The Morgan fingerprint density at radius 1 is 0.875 bits per heavy atom. The second kappa shape index (κ2) is 7.74. The van der Waals surface area contributed by atoms with Crippen LogP contribution in [0.1, 0.15) is 11.6 Å². The van der Waals surface area contributed by atoms with Gasteiger partial charge in [0.05, 0.1) is 16.7 Å². The first kappa shape index (κ1) is 20.2. The van der Waals surface area contributed by atoms with E-state index in [9.17, 15) is 19.7 Å². The molecule has 0 N–H and O–H groups in total. The Hall–Kier alpha value is -3.75. The van der Waals surface area contributed by atoms with Gasteiger partial charge < -0.3 is 0 Å². The molecule has 2 aliphatic heterocycles. The van der Waals surface area contributed by atoms with Gasteiger partial charge in [-0.05, 0) is 35.9 Å². The van der Waals surface area contributed by atoms with Gasteiger partial charge in [0.15, 0.2) is 6.10 Å². The van der Waals surface area contributed by atoms with E-state index in [0.29, 0.717) is 10.7 Å². The predicted molar refractivity (Wildman–Crippen MR) is 117 cm³/mol. The Kier molecular flexibility index (Phi) is 4.88. The summed E-state index contributed by atoms with van der Waals surface area (Å²) in [6.45, 7) is 0. The van der Waals surface area contributed by atoms with Crippen molar-refractivity contribution in [3.63, 3.8) is 0 Å². The SMILES string of the molecule is O=C1[C@H]2[C@@H](ON(c3ccccc3)[C@H]2c2ccc(Cl)cc2)C(=O)N1c1ccccc1[N+](=O)[O-]. The molecule has 2 aliphatic rings. The van der Waals surface area contributed by atoms with E-state index >= 15 is 0 Å². The van der Waals surface area contributed by atoms with Crippen LogP contribution in [-0.4, -0.2) is 22.8 Å². The van der Waals surface area contributed by atoms with Crippen LogP contribution in [0.25, 0.3) is 0 Å². The number of halogens is 1. The van der Waals surface area contributed by atoms with Gasteiger partial charge in [0.1, 0.15) is 11.6 Å². The number of nitro benzene ring substituents is 1. The minimum absolute atomic E-state index is 0.0633. The van der Waals surface area contributed by atoms with Gasteiger partial charge in [-0.1, -0.05) is 54.1 Å². The lowest BCUT2D eigenvalue weighted by atomic mass is 9.90. The maximum Gasteiger partial charge on any atom is 0.293 e. The fourth-order valence-corrected chi connectivity index (χ4v) is 4.38. The third-order valence-corrected chi connectivity index (χ3v) is 5.91. The van der Waals surface area contributed by atoms with Crippen LogP contribution in [0.15, 0.2) is 78.9 Å². The van der Waals surface area contributed by atoms with E-state index in [0.717, 1.165) is 10.5 Å². The molecule has 0 bridgehead atoms. The van der Waals surface area contributed by atoms with E-state index in [1.54, 1.807) is 35.4 Å². The number of amides is 2. The molecule has 3 aromatic carbocycles. The molecule has 2 amide bonds. The zero-order valence-corrected chi connectivity index (χ0v) is 17.3. The largest absolute Gasteiger partial charge is 0.293 e. The lowest BCUT2D eigenvalue weighted by Crippen LogP contribution is -2.37. The lowest BCUT2D eigenvalue weighted by molar-refractivity contribution is -0.384. The summed E-state index contributed by atoms with van der Waals surface area (Å²) in [5, 5.41) is 13.6. The summed E-state index contributed by atoms with van der Waals surface area (Å²) in [5.74, 6) is -2.07. The van der Waals surface area contributed by atoms with Crippen LogP contribution in [0, 0.1) is 16.0 Å². The number of hydroxylamine groups is 1. The average Bonchev–Trinajstić information content (AvgIpc) is 3.31. The number of para-hydroxylation sites is 3. The minimum atomic E-state index is -1.11. The number of hydrogen-bond donors (Lipinski definition) is 0. The smallest absolute Gasteiger partial charge is 0.273 e. The molecule has 0 aromatic heterocycles. The minimum Gasteiger partial charge on any atom is -0.273 e. The number of benzene rings is 3. The van der Waals surface area contributed by atoms with Gasteiger partial charge in [-0.25, -0.2) is 9.96 Å². The van der Waals surface area contributed by atoms with Gasteiger partial charge in [0.2, 0.25) is 5.91 Å². The third-order valence-electron chi connectivity index (χ3n) is 5.66. The maximum absolute atomic E-state index is 13.5. The molecule has 0 saturated carbocycles. The van der Waals surface area contributed by atoms with Gasteiger partial charge in [-0.15, -0.1) is 0 Å². The zero-order chi connectivity index (χ0) is 22.4. The van der Waals surface area contributed by atoms with E-state index in [4.69, 9.17) is 16.4 Å². The van der Waals surface area contributed by atoms with Crippen molar-refractivity contribution < 1.29 is 19.3 Å². The Bertz CT molecular complexity index is 1220. The van der Waals surface area contributed by atoms with Gasteiger partial charge in [-0.3, -0.25) is 24.5 Å². The highest BCUT2D eigenvalue weighted by Gasteiger charge is 2.61. The van der Waals surface area contributed by atoms with E-state index < -0.39 is 34.8 Å². The molecular formula is C23H16ClN3O5. The number of hydrogen-bond acceptors (Lipinski definition) is 6. The Morgan fingerprint density at radius 2 is 1.53 bits per heavy atom. The van der Waals surface area contributed by atoms with Crippen molar-refractivity contribution in [2.24, 2.45) is 5.92 Å². The number of nitrogens with zero attached hydrogens (tertiary/aromatic N) is 3. The van der Waals surface area contributed by atoms with E-state index in [1.165, 1.54) is 18.2 Å². The molecule has 32 heavy (non-hydrogen) atoms. The van der Waals surface area contributed by atoms with Crippen molar-refractivity contribution in [2.75, 3.05) is 9.96 Å². The van der Waals surface area contributed by atoms with Gasteiger partial charge in [-0.2, -0.15) is 0 Å². The van der Waals surface area contributed by atoms with Crippen LogP contribution in [-0.2, 0) is 14.4 Å². The normalized spacial score (nSPS) is 22.3. The summed E-state index contributed by atoms with van der Waals surface area (Å²) in [5.41, 5.74) is 1.03. The van der Waals surface area contributed by atoms with E-state index in [1.807, 2.05) is 30.3 Å². The second-order valence-electron chi connectivity index (χ2n) is 7.47. The van der Waals surface area contributed by atoms with Crippen LogP contribution in [0.4, 0.5) is 17.1 Å². The molecule has 5 rings (SSSR count). The number of carbonyl (C=O) groups is 2. The molecule has 3 aromatic rings. The number of rotatable bonds is 4. The van der Waals surface area contributed by atoms with Gasteiger partial charge >= 0.3 is 0 Å². The molecule has 160 valence electrons.